The van der Waals surface area contributed by atoms with Crippen LogP contribution >= 0.6 is 0 Å². The second-order valence-electron chi connectivity index (χ2n) is 1.84. The standard InChI is InChI=1S/C6H5F3N/c7-6(8,9)5-3-1-2-4-10-5/h2-4H,1H2/q-1. The summed E-state index contributed by atoms with van der Waals surface area (Å²) in [5.74, 6) is 0. The van der Waals surface area contributed by atoms with Gasteiger partial charge in [0, 0.05) is 0 Å². The van der Waals surface area contributed by atoms with E-state index in [-0.39, 0.29) is 0 Å². The van der Waals surface area contributed by atoms with Gasteiger partial charge in [-0.2, -0.15) is 19.4 Å². The van der Waals surface area contributed by atoms with Crippen molar-refractivity contribution in [2.24, 2.45) is 0 Å². The van der Waals surface area contributed by atoms with Gasteiger partial charge in [-0.1, -0.05) is 11.8 Å². The molecule has 0 aliphatic carbocycles. The molecule has 0 amide bonds. The lowest BCUT2D eigenvalue weighted by atomic mass is 10.2. The molecule has 4 heteroatoms. The van der Waals surface area contributed by atoms with E-state index in [1.54, 1.807) is 6.08 Å². The number of nitrogens with zero attached hydrogens (tertiary/aromatic N) is 1. The monoisotopic (exact) mass is 148 g/mol. The van der Waals surface area contributed by atoms with Crippen LogP contribution in [0.1, 0.15) is 6.42 Å². The second kappa shape index (κ2) is 2.36. The third-order valence-corrected chi connectivity index (χ3v) is 1.06. The molecule has 1 aliphatic heterocycles. The Hall–Kier alpha value is -0.930. The molecule has 0 saturated carbocycles. The lowest BCUT2D eigenvalue weighted by Gasteiger charge is -2.26. The summed E-state index contributed by atoms with van der Waals surface area (Å²) in [4.78, 5) is 0. The van der Waals surface area contributed by atoms with E-state index >= 15 is 0 Å². The average molecular weight is 148 g/mol. The van der Waals surface area contributed by atoms with E-state index < -0.39 is 11.9 Å². The molecular formula is C6H5F3N-. The highest BCUT2D eigenvalue weighted by molar-refractivity contribution is 5.32. The molecule has 0 radical (unpaired) electrons. The van der Waals surface area contributed by atoms with Crippen molar-refractivity contribution in [3.8, 4) is 0 Å². The normalized spacial score (nSPS) is 18.1. The number of hydrogen-bond donors (Lipinski definition) is 0. The Morgan fingerprint density at radius 1 is 1.40 bits per heavy atom. The van der Waals surface area contributed by atoms with E-state index in [2.05, 4.69) is 5.32 Å². The first-order chi connectivity index (χ1) is 4.61. The Morgan fingerprint density at radius 2 is 2.10 bits per heavy atom. The molecule has 1 aliphatic rings. The first-order valence-corrected chi connectivity index (χ1v) is 2.74. The smallest absolute Gasteiger partial charge is 0.396 e. The average Bonchev–Trinajstić information content (AvgIpc) is 1.88. The SMILES string of the molecule is FC(F)(F)C1=CCC=C[N-]1. The van der Waals surface area contributed by atoms with Crippen LogP contribution in [0, 0.1) is 0 Å². The van der Waals surface area contributed by atoms with Crippen molar-refractivity contribution in [2.75, 3.05) is 0 Å². The predicted molar refractivity (Wildman–Crippen MR) is 31.3 cm³/mol. The molecule has 0 unspecified atom stereocenters. The third-order valence-electron chi connectivity index (χ3n) is 1.06. The number of halogens is 3. The van der Waals surface area contributed by atoms with Crippen molar-refractivity contribution in [2.45, 2.75) is 12.6 Å². The molecule has 1 rings (SSSR count). The highest BCUT2D eigenvalue weighted by atomic mass is 19.4. The molecule has 0 aromatic heterocycles. The predicted octanol–water partition coefficient (Wildman–Crippen LogP) is 2.72. The van der Waals surface area contributed by atoms with E-state index in [1.807, 2.05) is 0 Å². The van der Waals surface area contributed by atoms with Gasteiger partial charge < -0.3 is 5.32 Å². The van der Waals surface area contributed by atoms with Gasteiger partial charge in [-0.05, 0) is 6.42 Å². The zero-order chi connectivity index (χ0) is 7.61. The first-order valence-electron chi connectivity index (χ1n) is 2.74. The highest BCUT2D eigenvalue weighted by Gasteiger charge is 2.26. The fourth-order valence-corrected chi connectivity index (χ4v) is 0.615. The van der Waals surface area contributed by atoms with Gasteiger partial charge in [-0.3, -0.25) is 0 Å². The molecule has 1 heterocycles. The summed E-state index contributed by atoms with van der Waals surface area (Å²) in [6, 6.07) is 0. The van der Waals surface area contributed by atoms with E-state index in [1.165, 1.54) is 6.20 Å². The van der Waals surface area contributed by atoms with Crippen molar-refractivity contribution in [3.05, 3.63) is 29.4 Å². The summed E-state index contributed by atoms with van der Waals surface area (Å²) in [6.07, 6.45) is -0.179. The van der Waals surface area contributed by atoms with Gasteiger partial charge in [0.2, 0.25) is 0 Å². The third kappa shape index (κ3) is 1.52. The Kier molecular flexibility index (Phi) is 1.70. The molecule has 0 saturated heterocycles. The lowest BCUT2D eigenvalue weighted by molar-refractivity contribution is -0.0893. The van der Waals surface area contributed by atoms with E-state index in [4.69, 9.17) is 0 Å². The Bertz CT molecular complexity index is 178. The quantitative estimate of drug-likeness (QED) is 0.501. The summed E-state index contributed by atoms with van der Waals surface area (Å²) in [5, 5.41) is 3.16. The summed E-state index contributed by atoms with van der Waals surface area (Å²) in [7, 11) is 0. The van der Waals surface area contributed by atoms with Crippen LogP contribution in [0.2, 0.25) is 0 Å². The molecule has 0 spiro atoms. The molecule has 0 fully saturated rings. The van der Waals surface area contributed by atoms with Crippen LogP contribution in [0.15, 0.2) is 24.0 Å². The summed E-state index contributed by atoms with van der Waals surface area (Å²) in [6.45, 7) is 0. The van der Waals surface area contributed by atoms with E-state index in [0.717, 1.165) is 6.08 Å². The van der Waals surface area contributed by atoms with Crippen LogP contribution in [0.3, 0.4) is 0 Å². The largest absolute Gasteiger partial charge is 0.661 e. The van der Waals surface area contributed by atoms with Crippen LogP contribution in [-0.2, 0) is 0 Å². The van der Waals surface area contributed by atoms with Crippen molar-refractivity contribution in [1.82, 2.24) is 0 Å². The Morgan fingerprint density at radius 3 is 2.40 bits per heavy atom. The summed E-state index contributed by atoms with van der Waals surface area (Å²) >= 11 is 0. The van der Waals surface area contributed by atoms with Crippen LogP contribution in [0.5, 0.6) is 0 Å². The fourth-order valence-electron chi connectivity index (χ4n) is 0.615. The van der Waals surface area contributed by atoms with Crippen molar-refractivity contribution < 1.29 is 13.2 Å². The molecule has 10 heavy (non-hydrogen) atoms. The van der Waals surface area contributed by atoms with E-state index in [9.17, 15) is 13.2 Å². The van der Waals surface area contributed by atoms with Crippen LogP contribution in [-0.4, -0.2) is 6.18 Å². The molecule has 0 N–H and O–H groups in total. The highest BCUT2D eigenvalue weighted by Crippen LogP contribution is 2.31. The Labute approximate surface area is 56.2 Å². The fraction of sp³-hybridized carbons (Fsp3) is 0.333. The van der Waals surface area contributed by atoms with Gasteiger partial charge in [-0.15, -0.1) is 6.08 Å². The Balaban J connectivity index is 2.65. The second-order valence-corrected chi connectivity index (χ2v) is 1.84. The number of alkyl halides is 3. The zero-order valence-electron chi connectivity index (χ0n) is 5.02. The van der Waals surface area contributed by atoms with Gasteiger partial charge in [0.1, 0.15) is 0 Å². The lowest BCUT2D eigenvalue weighted by Crippen LogP contribution is -2.11. The van der Waals surface area contributed by atoms with Crippen LogP contribution in [0.4, 0.5) is 13.2 Å². The van der Waals surface area contributed by atoms with E-state index in [0.29, 0.717) is 6.42 Å². The van der Waals surface area contributed by atoms with Gasteiger partial charge in [0.25, 0.3) is 0 Å². The first kappa shape index (κ1) is 7.18. The van der Waals surface area contributed by atoms with Crippen LogP contribution in [0.25, 0.3) is 5.32 Å². The topological polar surface area (TPSA) is 14.1 Å². The number of rotatable bonds is 0. The minimum Gasteiger partial charge on any atom is -0.661 e. The molecule has 0 atom stereocenters. The maximum atomic E-state index is 11.7. The number of allylic oxidation sites excluding steroid dienone is 3. The molecule has 0 aromatic rings. The molecule has 1 nitrogen and oxygen atoms in total. The zero-order valence-corrected chi connectivity index (χ0v) is 5.02. The maximum absolute atomic E-state index is 11.7. The van der Waals surface area contributed by atoms with Gasteiger partial charge in [0.15, 0.2) is 0 Å². The number of hydrogen-bond acceptors (Lipinski definition) is 0. The summed E-state index contributed by atoms with van der Waals surface area (Å²) in [5.41, 5.74) is -0.796. The van der Waals surface area contributed by atoms with Crippen LogP contribution < -0.4 is 0 Å². The van der Waals surface area contributed by atoms with Crippen molar-refractivity contribution in [1.29, 1.82) is 0 Å². The molecule has 56 valence electrons. The molecular weight excluding hydrogens is 143 g/mol. The van der Waals surface area contributed by atoms with Crippen molar-refractivity contribution >= 4 is 0 Å². The molecule has 0 bridgehead atoms. The minimum absolute atomic E-state index is 0.318. The van der Waals surface area contributed by atoms with Gasteiger partial charge in [0.05, 0.1) is 0 Å². The minimum atomic E-state index is -4.29. The maximum Gasteiger partial charge on any atom is 0.396 e. The van der Waals surface area contributed by atoms with Gasteiger partial charge in [-0.25, -0.2) is 0 Å². The molecule has 0 aromatic carbocycles. The summed E-state index contributed by atoms with van der Waals surface area (Å²) < 4.78 is 35.2. The van der Waals surface area contributed by atoms with Gasteiger partial charge >= 0.3 is 6.18 Å². The van der Waals surface area contributed by atoms with Crippen molar-refractivity contribution in [3.63, 3.8) is 0 Å².